The molecule has 0 saturated carbocycles. The Morgan fingerprint density at radius 2 is 2.04 bits per heavy atom. The zero-order valence-corrected chi connectivity index (χ0v) is 16.1. The molecule has 0 bridgehead atoms. The Hall–Kier alpha value is -3.23. The highest BCUT2D eigenvalue weighted by Gasteiger charge is 2.19. The summed E-state index contributed by atoms with van der Waals surface area (Å²) in [5, 5.41) is 9.54. The van der Waals surface area contributed by atoms with Crippen LogP contribution in [0.2, 0.25) is 5.02 Å². The van der Waals surface area contributed by atoms with Crippen LogP contribution in [0.25, 0.3) is 17.1 Å². The predicted octanol–water partition coefficient (Wildman–Crippen LogP) is 4.70. The van der Waals surface area contributed by atoms with Crippen LogP contribution >= 0.6 is 22.9 Å². The summed E-state index contributed by atoms with van der Waals surface area (Å²) in [6.07, 6.45) is 1.54. The summed E-state index contributed by atoms with van der Waals surface area (Å²) >= 11 is 7.27. The van der Waals surface area contributed by atoms with E-state index in [0.29, 0.717) is 33.0 Å². The molecule has 1 amide bonds. The zero-order valence-electron chi connectivity index (χ0n) is 14.5. The van der Waals surface area contributed by atoms with Gasteiger partial charge in [-0.1, -0.05) is 17.7 Å². The molecule has 0 unspecified atom stereocenters. The molecule has 0 saturated heterocycles. The van der Waals surface area contributed by atoms with Gasteiger partial charge < -0.3 is 4.42 Å². The van der Waals surface area contributed by atoms with Crippen molar-refractivity contribution in [2.75, 3.05) is 5.32 Å². The van der Waals surface area contributed by atoms with Crippen LogP contribution in [0.4, 0.5) is 5.13 Å². The number of nitrogens with zero attached hydrogens (tertiary/aromatic N) is 3. The number of ketones is 1. The van der Waals surface area contributed by atoms with E-state index in [2.05, 4.69) is 15.4 Å². The first-order chi connectivity index (χ1) is 13.5. The molecule has 9 heteroatoms. The third-order valence-electron chi connectivity index (χ3n) is 3.85. The minimum atomic E-state index is -0.446. The van der Waals surface area contributed by atoms with Crippen LogP contribution in [0.5, 0.6) is 0 Å². The molecule has 1 aromatic carbocycles. The molecule has 0 aliphatic carbocycles. The van der Waals surface area contributed by atoms with Gasteiger partial charge in [0, 0.05) is 23.4 Å². The van der Waals surface area contributed by atoms with E-state index in [4.69, 9.17) is 16.0 Å². The van der Waals surface area contributed by atoms with Gasteiger partial charge in [0.25, 0.3) is 5.91 Å². The number of hydrogen-bond donors (Lipinski definition) is 1. The summed E-state index contributed by atoms with van der Waals surface area (Å²) < 4.78 is 7.07. The molecule has 3 aromatic heterocycles. The predicted molar refractivity (Wildman–Crippen MR) is 106 cm³/mol. The summed E-state index contributed by atoms with van der Waals surface area (Å²) in [6.45, 7) is 1.42. The van der Waals surface area contributed by atoms with Crippen LogP contribution in [0.3, 0.4) is 0 Å². The number of rotatable bonds is 5. The van der Waals surface area contributed by atoms with Crippen LogP contribution < -0.4 is 5.32 Å². The van der Waals surface area contributed by atoms with E-state index in [1.807, 2.05) is 6.07 Å². The monoisotopic (exact) mass is 412 g/mol. The number of halogens is 1. The number of benzene rings is 1. The Kier molecular flexibility index (Phi) is 4.81. The second-order valence-electron chi connectivity index (χ2n) is 5.83. The van der Waals surface area contributed by atoms with E-state index in [0.717, 1.165) is 0 Å². The van der Waals surface area contributed by atoms with Gasteiger partial charge in [-0.15, -0.1) is 11.3 Å². The molecular weight excluding hydrogens is 400 g/mol. The second-order valence-corrected chi connectivity index (χ2v) is 7.13. The lowest BCUT2D eigenvalue weighted by Gasteiger charge is -2.05. The lowest BCUT2D eigenvalue weighted by molar-refractivity contribution is 0.100. The number of Topliss-reactive ketones (excluding diaryl/α,β-unsaturated/α-hetero) is 1. The van der Waals surface area contributed by atoms with Crippen LogP contribution in [0, 0.1) is 0 Å². The quantitative estimate of drug-likeness (QED) is 0.480. The molecule has 3 heterocycles. The highest BCUT2D eigenvalue weighted by Crippen LogP contribution is 2.26. The first-order valence-electron chi connectivity index (χ1n) is 8.19. The molecule has 140 valence electrons. The van der Waals surface area contributed by atoms with Crippen molar-refractivity contribution in [1.29, 1.82) is 0 Å². The zero-order chi connectivity index (χ0) is 19.7. The van der Waals surface area contributed by atoms with Crippen molar-refractivity contribution in [3.05, 3.63) is 70.5 Å². The molecule has 0 aliphatic rings. The number of carbonyl (C=O) groups is 2. The van der Waals surface area contributed by atoms with Crippen molar-refractivity contribution in [2.45, 2.75) is 6.92 Å². The molecule has 0 aliphatic heterocycles. The normalized spacial score (nSPS) is 10.8. The van der Waals surface area contributed by atoms with Gasteiger partial charge in [0.2, 0.25) is 0 Å². The fourth-order valence-electron chi connectivity index (χ4n) is 2.55. The third-order valence-corrected chi connectivity index (χ3v) is 4.85. The van der Waals surface area contributed by atoms with E-state index in [9.17, 15) is 9.59 Å². The molecular formula is C19H13ClN4O3S. The minimum absolute atomic E-state index is 0.165. The molecule has 28 heavy (non-hydrogen) atoms. The fraction of sp³-hybridized carbons (Fsp3) is 0.0526. The van der Waals surface area contributed by atoms with E-state index in [-0.39, 0.29) is 11.5 Å². The van der Waals surface area contributed by atoms with E-state index in [1.54, 1.807) is 52.7 Å². The fourth-order valence-corrected chi connectivity index (χ4v) is 3.48. The van der Waals surface area contributed by atoms with Crippen LogP contribution in [0.1, 0.15) is 27.9 Å². The maximum atomic E-state index is 12.7. The lowest BCUT2D eigenvalue weighted by atomic mass is 10.2. The molecule has 0 fully saturated rings. The number of thiazole rings is 1. The largest absolute Gasteiger partial charge is 0.463 e. The van der Waals surface area contributed by atoms with Gasteiger partial charge in [-0.05, 0) is 30.3 Å². The third kappa shape index (κ3) is 3.60. The van der Waals surface area contributed by atoms with Gasteiger partial charge >= 0.3 is 0 Å². The lowest BCUT2D eigenvalue weighted by Crippen LogP contribution is -2.13. The van der Waals surface area contributed by atoms with Gasteiger partial charge in [0.15, 0.2) is 22.4 Å². The Labute approximate surface area is 168 Å². The van der Waals surface area contributed by atoms with Crippen molar-refractivity contribution >= 4 is 39.8 Å². The standard InChI is InChI=1S/C19H13ClN4O3S/c1-11(25)15-10-28-19(21-15)22-18(26)14-9-16(17-6-3-7-27-17)24(23-14)13-5-2-4-12(20)8-13/h2-10H,1H3,(H,21,22,26). The summed E-state index contributed by atoms with van der Waals surface area (Å²) in [6, 6.07) is 12.3. The summed E-state index contributed by atoms with van der Waals surface area (Å²) in [7, 11) is 0. The minimum Gasteiger partial charge on any atom is -0.463 e. The van der Waals surface area contributed by atoms with Crippen molar-refractivity contribution in [3.63, 3.8) is 0 Å². The molecule has 0 radical (unpaired) electrons. The molecule has 0 atom stereocenters. The van der Waals surface area contributed by atoms with Gasteiger partial charge in [-0.25, -0.2) is 9.67 Å². The number of nitrogens with one attached hydrogen (secondary N) is 1. The smallest absolute Gasteiger partial charge is 0.277 e. The van der Waals surface area contributed by atoms with Gasteiger partial charge in [-0.2, -0.15) is 5.10 Å². The molecule has 4 rings (SSSR count). The van der Waals surface area contributed by atoms with Crippen LogP contribution in [0.15, 0.2) is 58.5 Å². The number of aromatic nitrogens is 3. The van der Waals surface area contributed by atoms with Crippen molar-refractivity contribution < 1.29 is 14.0 Å². The average molecular weight is 413 g/mol. The van der Waals surface area contributed by atoms with Crippen LogP contribution in [-0.2, 0) is 0 Å². The van der Waals surface area contributed by atoms with Crippen LogP contribution in [-0.4, -0.2) is 26.5 Å². The van der Waals surface area contributed by atoms with Crippen molar-refractivity contribution in [2.24, 2.45) is 0 Å². The van der Waals surface area contributed by atoms with Gasteiger partial charge in [0.1, 0.15) is 11.4 Å². The summed E-state index contributed by atoms with van der Waals surface area (Å²) in [5.41, 5.74) is 1.76. The highest BCUT2D eigenvalue weighted by atomic mass is 35.5. The SMILES string of the molecule is CC(=O)c1csc(NC(=O)c2cc(-c3ccco3)n(-c3cccc(Cl)c3)n2)n1. The Bertz CT molecular complexity index is 1160. The maximum Gasteiger partial charge on any atom is 0.277 e. The summed E-state index contributed by atoms with van der Waals surface area (Å²) in [5.74, 6) is -0.0558. The number of carbonyl (C=O) groups excluding carboxylic acids is 2. The van der Waals surface area contributed by atoms with Crippen molar-refractivity contribution in [1.82, 2.24) is 14.8 Å². The molecule has 0 spiro atoms. The first kappa shape index (κ1) is 18.1. The Balaban J connectivity index is 1.70. The number of anilines is 1. The maximum absolute atomic E-state index is 12.7. The Morgan fingerprint density at radius 1 is 1.18 bits per heavy atom. The summed E-state index contributed by atoms with van der Waals surface area (Å²) in [4.78, 5) is 28.1. The Morgan fingerprint density at radius 3 is 2.71 bits per heavy atom. The number of furan rings is 1. The molecule has 1 N–H and O–H groups in total. The molecule has 7 nitrogen and oxygen atoms in total. The van der Waals surface area contributed by atoms with Gasteiger partial charge in [0.05, 0.1) is 12.0 Å². The second kappa shape index (κ2) is 7.41. The van der Waals surface area contributed by atoms with Crippen molar-refractivity contribution in [3.8, 4) is 17.1 Å². The van der Waals surface area contributed by atoms with Gasteiger partial charge in [-0.3, -0.25) is 14.9 Å². The highest BCUT2D eigenvalue weighted by molar-refractivity contribution is 7.14. The van der Waals surface area contributed by atoms with E-state index in [1.165, 1.54) is 18.3 Å². The topological polar surface area (TPSA) is 90.0 Å². The first-order valence-corrected chi connectivity index (χ1v) is 9.45. The number of hydrogen-bond acceptors (Lipinski definition) is 6. The van der Waals surface area contributed by atoms with E-state index >= 15 is 0 Å². The molecule has 4 aromatic rings. The number of amides is 1. The van der Waals surface area contributed by atoms with E-state index < -0.39 is 5.91 Å². The average Bonchev–Trinajstić information content (AvgIpc) is 3.41.